The zero-order valence-electron chi connectivity index (χ0n) is 12.3. The van der Waals surface area contributed by atoms with Crippen LogP contribution >= 0.6 is 0 Å². The van der Waals surface area contributed by atoms with Gasteiger partial charge in [-0.3, -0.25) is 4.79 Å². The van der Waals surface area contributed by atoms with Gasteiger partial charge in [-0.1, -0.05) is 0 Å². The van der Waals surface area contributed by atoms with Crippen LogP contribution in [0.1, 0.15) is 26.7 Å². The van der Waals surface area contributed by atoms with Crippen molar-refractivity contribution >= 4 is 15.7 Å². The van der Waals surface area contributed by atoms with Crippen molar-refractivity contribution in [3.05, 3.63) is 0 Å². The fraction of sp³-hybridized carbons (Fsp3) is 0.923. The van der Waals surface area contributed by atoms with Gasteiger partial charge in [-0.05, 0) is 32.7 Å². The highest BCUT2D eigenvalue weighted by Crippen LogP contribution is 2.16. The first-order valence-corrected chi connectivity index (χ1v) is 8.24. The van der Waals surface area contributed by atoms with Gasteiger partial charge >= 0.3 is 0 Å². The maximum Gasteiger partial charge on any atom is 0.246 e. The molecule has 1 saturated heterocycles. The standard InChI is InChI=1S/C13H25NO5Si/c1-10(2)19-20-7-3-5-14-13(16)9-18-11-4-6-17-12(11)8-15/h10-12,15H,3-9H2,1-2H3,(H,14,16). The van der Waals surface area contributed by atoms with Gasteiger partial charge in [0, 0.05) is 19.3 Å². The lowest BCUT2D eigenvalue weighted by Crippen LogP contribution is -2.34. The smallest absolute Gasteiger partial charge is 0.246 e. The Labute approximate surface area is 123 Å². The molecule has 0 aromatic carbocycles. The maximum atomic E-state index is 11.6. The van der Waals surface area contributed by atoms with Gasteiger partial charge in [-0.15, -0.1) is 0 Å². The molecule has 0 aliphatic carbocycles. The number of aliphatic hydroxyl groups is 1. The van der Waals surface area contributed by atoms with Gasteiger partial charge in [0.2, 0.25) is 15.7 Å². The summed E-state index contributed by atoms with van der Waals surface area (Å²) in [5.41, 5.74) is 0. The second-order valence-corrected chi connectivity index (χ2v) is 6.02. The molecule has 7 heteroatoms. The normalized spacial score (nSPS) is 22.4. The molecular formula is C13H25NO5Si. The summed E-state index contributed by atoms with van der Waals surface area (Å²) in [5, 5.41) is 11.9. The average molecular weight is 303 g/mol. The number of carbonyl (C=O) groups is 1. The van der Waals surface area contributed by atoms with Crippen LogP contribution in [0.2, 0.25) is 6.04 Å². The van der Waals surface area contributed by atoms with Crippen molar-refractivity contribution in [2.75, 3.05) is 26.4 Å². The van der Waals surface area contributed by atoms with Crippen molar-refractivity contribution in [1.29, 1.82) is 0 Å². The number of nitrogens with one attached hydrogen (secondary N) is 1. The minimum Gasteiger partial charge on any atom is -0.415 e. The van der Waals surface area contributed by atoms with Crippen molar-refractivity contribution < 1.29 is 23.8 Å². The predicted octanol–water partition coefficient (Wildman–Crippen LogP) is 0.122. The van der Waals surface area contributed by atoms with Crippen LogP contribution in [0, 0.1) is 0 Å². The summed E-state index contributed by atoms with van der Waals surface area (Å²) >= 11 is 0. The molecule has 116 valence electrons. The third-order valence-electron chi connectivity index (χ3n) is 2.85. The Hall–Kier alpha value is -0.473. The summed E-state index contributed by atoms with van der Waals surface area (Å²) in [6.07, 6.45) is 1.43. The fourth-order valence-electron chi connectivity index (χ4n) is 1.84. The molecule has 1 aliphatic rings. The van der Waals surface area contributed by atoms with Crippen molar-refractivity contribution in [1.82, 2.24) is 5.32 Å². The zero-order valence-corrected chi connectivity index (χ0v) is 13.3. The van der Waals surface area contributed by atoms with Gasteiger partial charge in [0.15, 0.2) is 0 Å². The van der Waals surface area contributed by atoms with E-state index in [1.54, 1.807) is 0 Å². The SMILES string of the molecule is CC(C)O[Si]CCCNC(=O)COC1CCOC1CO. The van der Waals surface area contributed by atoms with E-state index in [1.807, 2.05) is 13.8 Å². The molecular weight excluding hydrogens is 278 g/mol. The second kappa shape index (κ2) is 10.3. The molecule has 1 rings (SSSR count). The van der Waals surface area contributed by atoms with E-state index in [0.717, 1.165) is 18.9 Å². The molecule has 20 heavy (non-hydrogen) atoms. The summed E-state index contributed by atoms with van der Waals surface area (Å²) in [6.45, 7) is 5.20. The number of ether oxygens (including phenoxy) is 2. The Bertz CT molecular complexity index is 277. The summed E-state index contributed by atoms with van der Waals surface area (Å²) in [7, 11) is 0.491. The Kier molecular flexibility index (Phi) is 9.04. The average Bonchev–Trinajstić information content (AvgIpc) is 2.87. The number of amides is 1. The minimum absolute atomic E-state index is 0.0231. The topological polar surface area (TPSA) is 77.0 Å². The van der Waals surface area contributed by atoms with Gasteiger partial charge in [-0.25, -0.2) is 0 Å². The summed E-state index contributed by atoms with van der Waals surface area (Å²) in [5.74, 6) is -0.123. The molecule has 0 saturated carbocycles. The highest BCUT2D eigenvalue weighted by Gasteiger charge is 2.28. The molecule has 1 fully saturated rings. The Morgan fingerprint density at radius 1 is 1.55 bits per heavy atom. The Morgan fingerprint density at radius 3 is 3.05 bits per heavy atom. The van der Waals surface area contributed by atoms with Crippen LogP contribution in [0.3, 0.4) is 0 Å². The Balaban J connectivity index is 1.98. The van der Waals surface area contributed by atoms with E-state index < -0.39 is 0 Å². The van der Waals surface area contributed by atoms with Gasteiger partial charge in [-0.2, -0.15) is 0 Å². The van der Waals surface area contributed by atoms with E-state index >= 15 is 0 Å². The molecule has 2 unspecified atom stereocenters. The lowest BCUT2D eigenvalue weighted by atomic mass is 10.2. The highest BCUT2D eigenvalue weighted by molar-refractivity contribution is 6.27. The molecule has 0 aromatic rings. The summed E-state index contributed by atoms with van der Waals surface area (Å²) < 4.78 is 16.2. The molecule has 6 nitrogen and oxygen atoms in total. The highest BCUT2D eigenvalue weighted by atomic mass is 28.2. The number of hydrogen-bond acceptors (Lipinski definition) is 5. The molecule has 0 bridgehead atoms. The quantitative estimate of drug-likeness (QED) is 0.443. The first-order chi connectivity index (χ1) is 9.63. The monoisotopic (exact) mass is 303 g/mol. The van der Waals surface area contributed by atoms with Crippen LogP contribution < -0.4 is 5.32 Å². The number of carbonyl (C=O) groups excluding carboxylic acids is 1. The first-order valence-electron chi connectivity index (χ1n) is 7.12. The summed E-state index contributed by atoms with van der Waals surface area (Å²) in [6, 6.07) is 0.961. The first kappa shape index (κ1) is 17.6. The van der Waals surface area contributed by atoms with Gasteiger partial charge < -0.3 is 24.3 Å². The van der Waals surface area contributed by atoms with Crippen LogP contribution in [0.4, 0.5) is 0 Å². The number of aliphatic hydroxyl groups excluding tert-OH is 1. The predicted molar refractivity (Wildman–Crippen MR) is 75.6 cm³/mol. The third kappa shape index (κ3) is 7.35. The van der Waals surface area contributed by atoms with Crippen LogP contribution in [-0.4, -0.2) is 65.5 Å². The third-order valence-corrected chi connectivity index (χ3v) is 4.05. The largest absolute Gasteiger partial charge is 0.415 e. The van der Waals surface area contributed by atoms with Crippen LogP contribution in [-0.2, 0) is 18.7 Å². The molecule has 0 aromatic heterocycles. The molecule has 1 amide bonds. The summed E-state index contributed by atoms with van der Waals surface area (Å²) in [4.78, 5) is 11.6. The van der Waals surface area contributed by atoms with Gasteiger partial charge in [0.25, 0.3) is 0 Å². The second-order valence-electron chi connectivity index (χ2n) is 4.99. The maximum absolute atomic E-state index is 11.6. The molecule has 2 radical (unpaired) electrons. The molecule has 0 spiro atoms. The van der Waals surface area contributed by atoms with Gasteiger partial charge in [0.05, 0.1) is 12.7 Å². The van der Waals surface area contributed by atoms with Gasteiger partial charge in [0.1, 0.15) is 12.7 Å². The molecule has 1 aliphatic heterocycles. The fourth-order valence-corrected chi connectivity index (χ4v) is 2.61. The van der Waals surface area contributed by atoms with Crippen molar-refractivity contribution in [3.63, 3.8) is 0 Å². The zero-order chi connectivity index (χ0) is 14.8. The van der Waals surface area contributed by atoms with E-state index in [-0.39, 0.29) is 37.4 Å². The van der Waals surface area contributed by atoms with E-state index in [0.29, 0.717) is 22.9 Å². The van der Waals surface area contributed by atoms with E-state index in [2.05, 4.69) is 5.32 Å². The van der Waals surface area contributed by atoms with Crippen molar-refractivity contribution in [3.8, 4) is 0 Å². The number of rotatable bonds is 10. The minimum atomic E-state index is -0.294. The van der Waals surface area contributed by atoms with Crippen LogP contribution in [0.25, 0.3) is 0 Å². The van der Waals surface area contributed by atoms with Crippen LogP contribution in [0.15, 0.2) is 0 Å². The Morgan fingerprint density at radius 2 is 2.35 bits per heavy atom. The van der Waals surface area contributed by atoms with E-state index in [9.17, 15) is 4.79 Å². The molecule has 2 N–H and O–H groups in total. The lowest BCUT2D eigenvalue weighted by molar-refractivity contribution is -0.129. The van der Waals surface area contributed by atoms with E-state index in [4.69, 9.17) is 19.0 Å². The van der Waals surface area contributed by atoms with Crippen molar-refractivity contribution in [2.24, 2.45) is 0 Å². The lowest BCUT2D eigenvalue weighted by Gasteiger charge is -2.16. The molecule has 2 atom stereocenters. The van der Waals surface area contributed by atoms with E-state index in [1.165, 1.54) is 0 Å². The van der Waals surface area contributed by atoms with Crippen molar-refractivity contribution in [2.45, 2.75) is 51.0 Å². The van der Waals surface area contributed by atoms with Crippen LogP contribution in [0.5, 0.6) is 0 Å². The number of hydrogen-bond donors (Lipinski definition) is 2. The molecule has 1 heterocycles.